The number of benzene rings is 3. The second-order valence-corrected chi connectivity index (χ2v) is 7.82. The van der Waals surface area contributed by atoms with Crippen molar-refractivity contribution in [3.63, 3.8) is 0 Å². The lowest BCUT2D eigenvalue weighted by atomic mass is 9.98. The summed E-state index contributed by atoms with van der Waals surface area (Å²) in [5.74, 6) is 0.585. The van der Waals surface area contributed by atoms with Crippen molar-refractivity contribution in [2.45, 2.75) is 51.6 Å². The lowest BCUT2D eigenvalue weighted by Gasteiger charge is -2.09. The molecule has 0 heterocycles. The third-order valence-corrected chi connectivity index (χ3v) is 5.30. The zero-order valence-electron chi connectivity index (χ0n) is 17.9. The van der Waals surface area contributed by atoms with E-state index in [9.17, 15) is 13.2 Å². The largest absolute Gasteiger partial charge is 0.494 e. The number of halogens is 3. The van der Waals surface area contributed by atoms with Crippen LogP contribution in [0, 0.1) is 0 Å². The zero-order valence-corrected chi connectivity index (χ0v) is 17.9. The van der Waals surface area contributed by atoms with Gasteiger partial charge < -0.3 is 4.74 Å². The van der Waals surface area contributed by atoms with Crippen molar-refractivity contribution in [2.24, 2.45) is 0 Å². The Balaban J connectivity index is 1.56. The van der Waals surface area contributed by atoms with E-state index in [0.29, 0.717) is 5.75 Å². The van der Waals surface area contributed by atoms with Crippen LogP contribution in [-0.2, 0) is 6.42 Å². The molecule has 0 aliphatic rings. The summed E-state index contributed by atoms with van der Waals surface area (Å²) in [7, 11) is 0. The molecule has 0 amide bonds. The molecule has 0 radical (unpaired) electrons. The summed E-state index contributed by atoms with van der Waals surface area (Å²) < 4.78 is 41.9. The molecule has 164 valence electrons. The molecule has 0 aliphatic carbocycles. The Kier molecular flexibility index (Phi) is 8.16. The van der Waals surface area contributed by atoms with Gasteiger partial charge in [-0.3, -0.25) is 0 Å². The van der Waals surface area contributed by atoms with Gasteiger partial charge in [0.1, 0.15) is 5.75 Å². The van der Waals surface area contributed by atoms with Crippen molar-refractivity contribution < 1.29 is 17.9 Å². The highest BCUT2D eigenvalue weighted by Gasteiger charge is 2.26. The van der Waals surface area contributed by atoms with Crippen molar-refractivity contribution in [1.82, 2.24) is 0 Å². The van der Waals surface area contributed by atoms with Crippen LogP contribution in [0.2, 0.25) is 0 Å². The minimum atomic E-state index is -4.13. The van der Waals surface area contributed by atoms with E-state index in [-0.39, 0.29) is 13.0 Å². The first-order valence-electron chi connectivity index (χ1n) is 10.9. The van der Waals surface area contributed by atoms with E-state index in [4.69, 9.17) is 4.74 Å². The van der Waals surface area contributed by atoms with Gasteiger partial charge in [0.15, 0.2) is 0 Å². The Morgan fingerprint density at radius 2 is 1.13 bits per heavy atom. The first-order chi connectivity index (χ1) is 14.9. The van der Waals surface area contributed by atoms with Crippen LogP contribution >= 0.6 is 0 Å². The average Bonchev–Trinajstić information content (AvgIpc) is 2.77. The molecule has 0 N–H and O–H groups in total. The highest BCUT2D eigenvalue weighted by atomic mass is 19.4. The fourth-order valence-electron chi connectivity index (χ4n) is 3.50. The lowest BCUT2D eigenvalue weighted by Crippen LogP contribution is -2.09. The Hall–Kier alpha value is -2.75. The summed E-state index contributed by atoms with van der Waals surface area (Å²) in [6.07, 6.45) is -0.102. The van der Waals surface area contributed by atoms with Gasteiger partial charge in [0.2, 0.25) is 0 Å². The van der Waals surface area contributed by atoms with Crippen molar-refractivity contribution in [3.05, 3.63) is 78.4 Å². The molecule has 0 bridgehead atoms. The Bertz CT molecular complexity index is 911. The Labute approximate surface area is 182 Å². The second kappa shape index (κ2) is 11.0. The molecule has 3 rings (SSSR count). The van der Waals surface area contributed by atoms with E-state index in [1.54, 1.807) is 12.1 Å². The molecular weight excluding hydrogens is 397 g/mol. The minimum absolute atomic E-state index is 0.0353. The lowest BCUT2D eigenvalue weighted by molar-refractivity contribution is -0.136. The Morgan fingerprint density at radius 1 is 0.645 bits per heavy atom. The first kappa shape index (κ1) is 22.9. The van der Waals surface area contributed by atoms with Crippen molar-refractivity contribution in [2.75, 3.05) is 6.61 Å². The van der Waals surface area contributed by atoms with Gasteiger partial charge in [-0.2, -0.15) is 13.2 Å². The molecular formula is C27H29F3O. The average molecular weight is 427 g/mol. The molecule has 0 saturated heterocycles. The van der Waals surface area contributed by atoms with Crippen molar-refractivity contribution >= 4 is 0 Å². The first-order valence-corrected chi connectivity index (χ1v) is 10.9. The van der Waals surface area contributed by atoms with Crippen LogP contribution in [0.4, 0.5) is 13.2 Å². The van der Waals surface area contributed by atoms with Gasteiger partial charge in [-0.1, -0.05) is 80.4 Å². The molecule has 0 spiro atoms. The van der Waals surface area contributed by atoms with Crippen molar-refractivity contribution in [1.29, 1.82) is 0 Å². The highest BCUT2D eigenvalue weighted by Crippen LogP contribution is 2.27. The van der Waals surface area contributed by atoms with Crippen LogP contribution in [0.25, 0.3) is 22.3 Å². The fraction of sp³-hybridized carbons (Fsp3) is 0.333. The normalized spacial score (nSPS) is 11.5. The molecule has 0 saturated carbocycles. The molecule has 4 heteroatoms. The molecule has 1 nitrogen and oxygen atoms in total. The molecule has 0 unspecified atom stereocenters. The second-order valence-electron chi connectivity index (χ2n) is 7.82. The predicted octanol–water partition coefficient (Wildman–Crippen LogP) is 8.47. The zero-order chi connectivity index (χ0) is 22.1. The third-order valence-electron chi connectivity index (χ3n) is 5.30. The number of alkyl halides is 3. The van der Waals surface area contributed by atoms with Gasteiger partial charge in [0.25, 0.3) is 0 Å². The van der Waals surface area contributed by atoms with E-state index in [2.05, 4.69) is 55.5 Å². The summed E-state index contributed by atoms with van der Waals surface area (Å²) >= 11 is 0. The van der Waals surface area contributed by atoms with E-state index < -0.39 is 12.6 Å². The predicted molar refractivity (Wildman–Crippen MR) is 121 cm³/mol. The van der Waals surface area contributed by atoms with Crippen molar-refractivity contribution in [3.8, 4) is 28.0 Å². The summed E-state index contributed by atoms with van der Waals surface area (Å²) in [5, 5.41) is 0. The Morgan fingerprint density at radius 3 is 1.61 bits per heavy atom. The smallest absolute Gasteiger partial charge is 0.389 e. The fourth-order valence-corrected chi connectivity index (χ4v) is 3.50. The van der Waals surface area contributed by atoms with E-state index in [0.717, 1.165) is 17.5 Å². The monoisotopic (exact) mass is 426 g/mol. The highest BCUT2D eigenvalue weighted by molar-refractivity contribution is 5.70. The number of hydrogen-bond acceptors (Lipinski definition) is 1. The summed E-state index contributed by atoms with van der Waals surface area (Å²) in [4.78, 5) is 0. The van der Waals surface area contributed by atoms with Gasteiger partial charge in [-0.15, -0.1) is 0 Å². The van der Waals surface area contributed by atoms with Gasteiger partial charge in [-0.25, -0.2) is 0 Å². The molecule has 3 aromatic carbocycles. The van der Waals surface area contributed by atoms with E-state index in [1.165, 1.54) is 36.0 Å². The van der Waals surface area contributed by atoms with Crippen LogP contribution in [-0.4, -0.2) is 12.8 Å². The van der Waals surface area contributed by atoms with Crippen LogP contribution < -0.4 is 4.74 Å². The number of hydrogen-bond donors (Lipinski definition) is 0. The number of rotatable bonds is 10. The maximum atomic E-state index is 12.2. The number of aryl methyl sites for hydroxylation is 1. The topological polar surface area (TPSA) is 9.23 Å². The van der Waals surface area contributed by atoms with Crippen LogP contribution in [0.1, 0.15) is 44.6 Å². The molecule has 31 heavy (non-hydrogen) atoms. The van der Waals surface area contributed by atoms with Crippen LogP contribution in [0.3, 0.4) is 0 Å². The summed E-state index contributed by atoms with van der Waals surface area (Å²) in [6.45, 7) is 2.28. The summed E-state index contributed by atoms with van der Waals surface area (Å²) in [6, 6.07) is 24.7. The van der Waals surface area contributed by atoms with E-state index in [1.807, 2.05) is 12.1 Å². The number of ether oxygens (including phenoxy) is 1. The van der Waals surface area contributed by atoms with Gasteiger partial charge in [-0.05, 0) is 59.2 Å². The quantitative estimate of drug-likeness (QED) is 0.295. The minimum Gasteiger partial charge on any atom is -0.494 e. The molecule has 3 aromatic rings. The maximum Gasteiger partial charge on any atom is 0.389 e. The maximum absolute atomic E-state index is 12.2. The third kappa shape index (κ3) is 7.46. The number of unbranched alkanes of at least 4 members (excludes halogenated alkanes) is 2. The molecule has 0 atom stereocenters. The standard InChI is InChI=1S/C27H29F3O/c1-2-3-4-6-21-7-9-22(10-8-21)23-11-13-24(14-12-23)25-15-17-26(18-16-25)31-20-5-19-27(28,29)30/h7-18H,2-6,19-20H2,1H3. The van der Waals surface area contributed by atoms with Gasteiger partial charge in [0, 0.05) is 6.42 Å². The van der Waals surface area contributed by atoms with Crippen LogP contribution in [0.15, 0.2) is 72.8 Å². The molecule has 0 aromatic heterocycles. The van der Waals surface area contributed by atoms with Crippen LogP contribution in [0.5, 0.6) is 5.75 Å². The van der Waals surface area contributed by atoms with Gasteiger partial charge >= 0.3 is 6.18 Å². The van der Waals surface area contributed by atoms with E-state index >= 15 is 0 Å². The molecule has 0 fully saturated rings. The summed E-state index contributed by atoms with van der Waals surface area (Å²) in [5.41, 5.74) is 5.89. The molecule has 0 aliphatic heterocycles. The van der Waals surface area contributed by atoms with Gasteiger partial charge in [0.05, 0.1) is 6.61 Å². The SMILES string of the molecule is CCCCCc1ccc(-c2ccc(-c3ccc(OCCCC(F)(F)F)cc3)cc2)cc1.